The van der Waals surface area contributed by atoms with Crippen molar-refractivity contribution in [1.29, 1.82) is 0 Å². The molecule has 7 fully saturated rings. The SMILES string of the molecule is COC(=O)[C@]1(C)CCC[C@@]2(C)[C@]34C[C@@H]5C6C[C@]3(C[C@@]65C)C(=O)C[C@@]21N(C)O4. The maximum Gasteiger partial charge on any atom is 0.313 e. The summed E-state index contributed by atoms with van der Waals surface area (Å²) in [5.41, 5.74) is -1.99. The fourth-order valence-electron chi connectivity index (χ4n) is 9.86. The van der Waals surface area contributed by atoms with Crippen LogP contribution in [0, 0.1) is 33.5 Å². The third kappa shape index (κ3) is 1.25. The number of methoxy groups -OCH3 is 1. The van der Waals surface area contributed by atoms with Crippen LogP contribution in [0.1, 0.15) is 65.7 Å². The number of carbonyl (C=O) groups excluding carboxylic acids is 2. The molecule has 5 nitrogen and oxygen atoms in total. The Kier molecular flexibility index (Phi) is 2.61. The Hall–Kier alpha value is -0.940. The second-order valence-electron chi connectivity index (χ2n) is 11.3. The molecule has 7 rings (SSSR count). The molecule has 5 heteroatoms. The summed E-state index contributed by atoms with van der Waals surface area (Å²) in [6.45, 7) is 6.75. The summed E-state index contributed by atoms with van der Waals surface area (Å²) in [7, 11) is 3.45. The van der Waals surface area contributed by atoms with E-state index in [1.54, 1.807) is 0 Å². The Morgan fingerprint density at radius 3 is 2.52 bits per heavy atom. The molecule has 0 aromatic rings. The monoisotopic (exact) mass is 373 g/mol. The van der Waals surface area contributed by atoms with E-state index in [0.717, 1.165) is 38.5 Å². The lowest BCUT2D eigenvalue weighted by atomic mass is 9.35. The van der Waals surface area contributed by atoms with Crippen LogP contribution in [-0.4, -0.2) is 42.1 Å². The molecule has 1 unspecified atom stereocenters. The third-order valence-corrected chi connectivity index (χ3v) is 11.1. The van der Waals surface area contributed by atoms with Crippen LogP contribution in [0.15, 0.2) is 0 Å². The number of ether oxygens (including phenoxy) is 1. The largest absolute Gasteiger partial charge is 0.469 e. The van der Waals surface area contributed by atoms with Crippen molar-refractivity contribution in [2.24, 2.45) is 33.5 Å². The molecule has 1 saturated heterocycles. The van der Waals surface area contributed by atoms with E-state index >= 15 is 0 Å². The highest BCUT2D eigenvalue weighted by Gasteiger charge is 2.93. The van der Waals surface area contributed by atoms with Gasteiger partial charge in [-0.3, -0.25) is 14.4 Å². The van der Waals surface area contributed by atoms with Gasteiger partial charge in [0.25, 0.3) is 0 Å². The van der Waals surface area contributed by atoms with Gasteiger partial charge in [-0.05, 0) is 56.3 Å². The first-order valence-electron chi connectivity index (χ1n) is 10.6. The molecular weight excluding hydrogens is 342 g/mol. The molecule has 1 heterocycles. The maximum atomic E-state index is 13.9. The molecule has 0 amide bonds. The second-order valence-corrected chi connectivity index (χ2v) is 11.3. The van der Waals surface area contributed by atoms with Crippen LogP contribution in [0.2, 0.25) is 0 Å². The summed E-state index contributed by atoms with van der Waals surface area (Å²) in [6, 6.07) is 0. The molecule has 8 atom stereocenters. The number of carbonyl (C=O) groups is 2. The lowest BCUT2D eigenvalue weighted by Gasteiger charge is -2.67. The van der Waals surface area contributed by atoms with E-state index in [1.807, 2.05) is 19.0 Å². The van der Waals surface area contributed by atoms with Crippen molar-refractivity contribution in [3.05, 3.63) is 0 Å². The highest BCUT2D eigenvalue weighted by molar-refractivity contribution is 5.93. The van der Waals surface area contributed by atoms with Gasteiger partial charge in [0.15, 0.2) is 0 Å². The van der Waals surface area contributed by atoms with E-state index in [0.29, 0.717) is 29.5 Å². The third-order valence-electron chi connectivity index (χ3n) is 11.1. The van der Waals surface area contributed by atoms with Crippen molar-refractivity contribution in [2.45, 2.75) is 76.9 Å². The minimum absolute atomic E-state index is 0.191. The van der Waals surface area contributed by atoms with Crippen LogP contribution in [0.3, 0.4) is 0 Å². The first-order valence-corrected chi connectivity index (χ1v) is 10.6. The van der Waals surface area contributed by atoms with Gasteiger partial charge in [0.1, 0.15) is 11.4 Å². The Bertz CT molecular complexity index is 812. The maximum absolute atomic E-state index is 13.9. The van der Waals surface area contributed by atoms with E-state index in [9.17, 15) is 9.59 Å². The van der Waals surface area contributed by atoms with E-state index < -0.39 is 16.6 Å². The highest BCUT2D eigenvalue weighted by Crippen LogP contribution is 2.89. The molecule has 0 aromatic heterocycles. The first kappa shape index (κ1) is 17.0. The van der Waals surface area contributed by atoms with Crippen LogP contribution < -0.4 is 0 Å². The van der Waals surface area contributed by atoms with Crippen LogP contribution in [-0.2, 0) is 19.2 Å². The quantitative estimate of drug-likeness (QED) is 0.661. The molecule has 27 heavy (non-hydrogen) atoms. The van der Waals surface area contributed by atoms with E-state index in [-0.39, 0.29) is 16.8 Å². The molecule has 0 aromatic carbocycles. The predicted molar refractivity (Wildman–Crippen MR) is 97.4 cm³/mol. The van der Waals surface area contributed by atoms with Crippen LogP contribution >= 0.6 is 0 Å². The summed E-state index contributed by atoms with van der Waals surface area (Å²) >= 11 is 0. The van der Waals surface area contributed by atoms with Crippen molar-refractivity contribution in [1.82, 2.24) is 5.06 Å². The summed E-state index contributed by atoms with van der Waals surface area (Å²) in [5, 5.41) is 1.97. The number of hydrogen-bond donors (Lipinski definition) is 0. The van der Waals surface area contributed by atoms with Gasteiger partial charge in [-0.1, -0.05) is 20.3 Å². The smallest absolute Gasteiger partial charge is 0.313 e. The molecule has 2 spiro atoms. The molecule has 6 saturated carbocycles. The van der Waals surface area contributed by atoms with Crippen molar-refractivity contribution in [2.75, 3.05) is 14.2 Å². The zero-order chi connectivity index (χ0) is 19.3. The average molecular weight is 373 g/mol. The van der Waals surface area contributed by atoms with Gasteiger partial charge in [-0.15, -0.1) is 0 Å². The lowest BCUT2D eigenvalue weighted by molar-refractivity contribution is -0.260. The van der Waals surface area contributed by atoms with Gasteiger partial charge in [-0.25, -0.2) is 0 Å². The average Bonchev–Trinajstić information content (AvgIpc) is 2.97. The Labute approximate surface area is 161 Å². The number of esters is 1. The van der Waals surface area contributed by atoms with E-state index in [2.05, 4.69) is 13.8 Å². The molecule has 0 N–H and O–H groups in total. The number of rotatable bonds is 1. The van der Waals surface area contributed by atoms with Crippen molar-refractivity contribution >= 4 is 11.8 Å². The summed E-state index contributed by atoms with van der Waals surface area (Å²) < 4.78 is 5.30. The molecule has 148 valence electrons. The van der Waals surface area contributed by atoms with Gasteiger partial charge in [0, 0.05) is 18.9 Å². The van der Waals surface area contributed by atoms with Gasteiger partial charge in [0.05, 0.1) is 23.5 Å². The molecule has 6 aliphatic carbocycles. The second kappa shape index (κ2) is 4.16. The summed E-state index contributed by atoms with van der Waals surface area (Å²) in [6.07, 6.45) is 6.15. The van der Waals surface area contributed by atoms with Crippen LogP contribution in [0.4, 0.5) is 0 Å². The normalized spacial score (nSPS) is 62.8. The molecular formula is C22H31NO4. The van der Waals surface area contributed by atoms with Crippen molar-refractivity contribution in [3.8, 4) is 0 Å². The standard InChI is InChI=1S/C22H31NO4/c1-17-12-20-9-13(17)14(17)10-22(20)19(3)8-6-7-18(2,16(25)26-5)21(19,11-15(20)24)23(4)27-22/h13-14H,6-12H2,1-5H3/t13?,14-,17+,18+,19-,20+,21+,22-/m1/s1. The fraction of sp³-hybridized carbons (Fsp3) is 0.909. The van der Waals surface area contributed by atoms with Gasteiger partial charge in [0.2, 0.25) is 0 Å². The van der Waals surface area contributed by atoms with Gasteiger partial charge < -0.3 is 4.74 Å². The Balaban J connectivity index is 1.61. The van der Waals surface area contributed by atoms with Crippen LogP contribution in [0.25, 0.3) is 0 Å². The lowest BCUT2D eigenvalue weighted by Crippen LogP contribution is -2.77. The molecule has 1 aliphatic heterocycles. The zero-order valence-corrected chi connectivity index (χ0v) is 17.2. The number of Topliss-reactive ketones (excluding diaryl/α,β-unsaturated/α-hetero) is 1. The fourth-order valence-corrected chi connectivity index (χ4v) is 9.86. The van der Waals surface area contributed by atoms with Crippen molar-refractivity contribution < 1.29 is 19.2 Å². The number of hydroxylamine groups is 2. The molecule has 0 radical (unpaired) electrons. The minimum atomic E-state index is -0.724. The summed E-state index contributed by atoms with van der Waals surface area (Å²) in [4.78, 5) is 33.8. The minimum Gasteiger partial charge on any atom is -0.469 e. The Morgan fingerprint density at radius 1 is 1.19 bits per heavy atom. The predicted octanol–water partition coefficient (Wildman–Crippen LogP) is 3.12. The van der Waals surface area contributed by atoms with Crippen molar-refractivity contribution in [3.63, 3.8) is 0 Å². The topological polar surface area (TPSA) is 55.8 Å². The highest BCUT2D eigenvalue weighted by atomic mass is 16.7. The number of nitrogens with zero attached hydrogens (tertiary/aromatic N) is 1. The van der Waals surface area contributed by atoms with Crippen LogP contribution in [0.5, 0.6) is 0 Å². The summed E-state index contributed by atoms with van der Waals surface area (Å²) in [5.74, 6) is 1.54. The van der Waals surface area contributed by atoms with Gasteiger partial charge >= 0.3 is 5.97 Å². The number of ketones is 1. The van der Waals surface area contributed by atoms with E-state index in [4.69, 9.17) is 9.57 Å². The molecule has 7 aliphatic rings. The Morgan fingerprint density at radius 2 is 1.89 bits per heavy atom. The number of hydrogen-bond acceptors (Lipinski definition) is 5. The van der Waals surface area contributed by atoms with Gasteiger partial charge in [-0.2, -0.15) is 5.06 Å². The first-order chi connectivity index (χ1) is 12.6. The zero-order valence-electron chi connectivity index (χ0n) is 17.2. The van der Waals surface area contributed by atoms with E-state index in [1.165, 1.54) is 7.11 Å². The molecule has 6 bridgehead atoms.